The molecule has 0 saturated carbocycles. The number of hydrogen-bond donors (Lipinski definition) is 0. The van der Waals surface area contributed by atoms with Gasteiger partial charge in [0.05, 0.1) is 13.5 Å². The molecule has 0 spiro atoms. The number of amides is 2. The normalized spacial score (nSPS) is 21.9. The molecule has 2 saturated heterocycles. The van der Waals surface area contributed by atoms with Crippen LogP contribution in [0.5, 0.6) is 0 Å². The van der Waals surface area contributed by atoms with Gasteiger partial charge in [-0.3, -0.25) is 14.4 Å². The number of likely N-dealkylation sites (tertiary alicyclic amines) is 1. The van der Waals surface area contributed by atoms with E-state index in [0.29, 0.717) is 18.9 Å². The maximum absolute atomic E-state index is 12.3. The van der Waals surface area contributed by atoms with E-state index >= 15 is 0 Å². The molecule has 2 amide bonds. The van der Waals surface area contributed by atoms with E-state index in [-0.39, 0.29) is 30.6 Å². The summed E-state index contributed by atoms with van der Waals surface area (Å²) in [4.78, 5) is 41.8. The van der Waals surface area contributed by atoms with Crippen LogP contribution in [0, 0.1) is 5.92 Å². The molecule has 2 rings (SSSR count). The summed E-state index contributed by atoms with van der Waals surface area (Å²) in [5.41, 5.74) is 0. The molecule has 7 nitrogen and oxygen atoms in total. The second-order valence-corrected chi connectivity index (χ2v) is 7.15. The molecule has 1 atom stereocenters. The Morgan fingerprint density at radius 2 is 1.60 bits per heavy atom. The van der Waals surface area contributed by atoms with Gasteiger partial charge in [0.25, 0.3) is 0 Å². The summed E-state index contributed by atoms with van der Waals surface area (Å²) in [6, 6.07) is 0. The van der Waals surface area contributed by atoms with E-state index in [1.807, 2.05) is 9.80 Å². The van der Waals surface area contributed by atoms with Gasteiger partial charge in [0.1, 0.15) is 0 Å². The van der Waals surface area contributed by atoms with Gasteiger partial charge >= 0.3 is 5.97 Å². The number of methoxy groups -OCH3 is 1. The Balaban J connectivity index is 1.70. The second kappa shape index (κ2) is 9.75. The molecule has 1 unspecified atom stereocenters. The average Bonchev–Trinajstić information content (AvgIpc) is 2.64. The molecule has 142 valence electrons. The summed E-state index contributed by atoms with van der Waals surface area (Å²) in [5.74, 6) is 0.287. The lowest BCUT2D eigenvalue weighted by Crippen LogP contribution is -2.47. The number of ether oxygens (including phenoxy) is 1. The molecule has 0 aliphatic carbocycles. The number of rotatable bonds is 6. The highest BCUT2D eigenvalue weighted by Crippen LogP contribution is 2.22. The third-order valence-electron chi connectivity index (χ3n) is 5.26. The largest absolute Gasteiger partial charge is 0.469 e. The molecule has 0 aromatic heterocycles. The fraction of sp³-hybridized carbons (Fsp3) is 0.833. The Morgan fingerprint density at radius 1 is 0.920 bits per heavy atom. The van der Waals surface area contributed by atoms with E-state index in [4.69, 9.17) is 0 Å². The number of likely N-dealkylation sites (N-methyl/N-ethyl adjacent to an activating group) is 1. The first kappa shape index (κ1) is 19.7. The summed E-state index contributed by atoms with van der Waals surface area (Å²) in [6.07, 6.45) is 3.79. The van der Waals surface area contributed by atoms with Crippen LogP contribution in [0.1, 0.15) is 38.5 Å². The summed E-state index contributed by atoms with van der Waals surface area (Å²) in [6.45, 7) is 4.98. The number of carbonyl (C=O) groups excluding carboxylic acids is 3. The van der Waals surface area contributed by atoms with Crippen molar-refractivity contribution in [3.05, 3.63) is 0 Å². The van der Waals surface area contributed by atoms with Gasteiger partial charge in [0, 0.05) is 52.1 Å². The van der Waals surface area contributed by atoms with Crippen LogP contribution < -0.4 is 0 Å². The molecule has 2 heterocycles. The predicted octanol–water partition coefficient (Wildman–Crippen LogP) is 0.732. The van der Waals surface area contributed by atoms with Gasteiger partial charge in [0.2, 0.25) is 11.8 Å². The van der Waals surface area contributed by atoms with E-state index < -0.39 is 0 Å². The lowest BCUT2D eigenvalue weighted by atomic mass is 9.93. The fourth-order valence-corrected chi connectivity index (χ4v) is 3.54. The van der Waals surface area contributed by atoms with Gasteiger partial charge in [0.15, 0.2) is 0 Å². The molecule has 0 aromatic carbocycles. The predicted molar refractivity (Wildman–Crippen MR) is 93.9 cm³/mol. The van der Waals surface area contributed by atoms with Gasteiger partial charge in [-0.2, -0.15) is 0 Å². The quantitative estimate of drug-likeness (QED) is 0.659. The maximum atomic E-state index is 12.3. The lowest BCUT2D eigenvalue weighted by Gasteiger charge is -2.34. The van der Waals surface area contributed by atoms with Crippen molar-refractivity contribution in [3.63, 3.8) is 0 Å². The summed E-state index contributed by atoms with van der Waals surface area (Å²) in [7, 11) is 3.41. The van der Waals surface area contributed by atoms with E-state index in [0.717, 1.165) is 52.0 Å². The molecule has 0 radical (unpaired) electrons. The molecular formula is C18H31N3O4. The minimum atomic E-state index is -0.348. The van der Waals surface area contributed by atoms with Crippen LogP contribution in [-0.4, -0.2) is 85.9 Å². The van der Waals surface area contributed by atoms with E-state index in [9.17, 15) is 14.4 Å². The van der Waals surface area contributed by atoms with E-state index in [1.54, 1.807) is 0 Å². The minimum absolute atomic E-state index is 0.0143. The van der Waals surface area contributed by atoms with E-state index in [2.05, 4.69) is 16.7 Å². The van der Waals surface area contributed by atoms with Crippen molar-refractivity contribution in [3.8, 4) is 0 Å². The van der Waals surface area contributed by atoms with Crippen LogP contribution >= 0.6 is 0 Å². The summed E-state index contributed by atoms with van der Waals surface area (Å²) >= 11 is 0. The average molecular weight is 353 g/mol. The van der Waals surface area contributed by atoms with Crippen molar-refractivity contribution in [2.75, 3.05) is 53.4 Å². The first-order chi connectivity index (χ1) is 12.0. The lowest BCUT2D eigenvalue weighted by molar-refractivity contribution is -0.144. The van der Waals surface area contributed by atoms with Crippen LogP contribution in [0.2, 0.25) is 0 Å². The molecule has 0 aromatic rings. The Morgan fingerprint density at radius 3 is 2.28 bits per heavy atom. The molecular weight excluding hydrogens is 322 g/mol. The molecule has 2 fully saturated rings. The zero-order chi connectivity index (χ0) is 18.2. The second-order valence-electron chi connectivity index (χ2n) is 7.15. The van der Waals surface area contributed by atoms with Gasteiger partial charge in [-0.05, 0) is 32.2 Å². The monoisotopic (exact) mass is 353 g/mol. The zero-order valence-corrected chi connectivity index (χ0v) is 15.5. The van der Waals surface area contributed by atoms with E-state index in [1.165, 1.54) is 7.11 Å². The van der Waals surface area contributed by atoms with Crippen molar-refractivity contribution in [1.82, 2.24) is 14.7 Å². The number of esters is 1. The number of piperidine rings is 1. The fourth-order valence-electron chi connectivity index (χ4n) is 3.54. The molecule has 2 aliphatic rings. The molecule has 7 heteroatoms. The van der Waals surface area contributed by atoms with Crippen LogP contribution in [0.15, 0.2) is 0 Å². The number of hydrogen-bond acceptors (Lipinski definition) is 5. The van der Waals surface area contributed by atoms with Crippen molar-refractivity contribution >= 4 is 17.8 Å². The van der Waals surface area contributed by atoms with Gasteiger partial charge in [-0.15, -0.1) is 0 Å². The highest BCUT2D eigenvalue weighted by Gasteiger charge is 2.25. The standard InChI is InChI=1S/C18H31N3O4/c1-19-10-12-20(13-11-19)16(22)6-5-15-4-3-9-21(14-15)17(23)7-8-18(24)25-2/h15H,3-14H2,1-2H3. The highest BCUT2D eigenvalue weighted by molar-refractivity contribution is 5.81. The van der Waals surface area contributed by atoms with Gasteiger partial charge in [-0.1, -0.05) is 0 Å². The molecule has 0 bridgehead atoms. The maximum Gasteiger partial charge on any atom is 0.306 e. The van der Waals surface area contributed by atoms with Crippen LogP contribution in [0.3, 0.4) is 0 Å². The van der Waals surface area contributed by atoms with Crippen molar-refractivity contribution in [2.24, 2.45) is 5.92 Å². The first-order valence-corrected chi connectivity index (χ1v) is 9.30. The summed E-state index contributed by atoms with van der Waals surface area (Å²) < 4.78 is 4.58. The Hall–Kier alpha value is -1.63. The number of piperazine rings is 1. The van der Waals surface area contributed by atoms with Crippen LogP contribution in [-0.2, 0) is 19.1 Å². The van der Waals surface area contributed by atoms with Crippen LogP contribution in [0.25, 0.3) is 0 Å². The Labute approximate surface area is 150 Å². The van der Waals surface area contributed by atoms with Crippen molar-refractivity contribution in [1.29, 1.82) is 0 Å². The zero-order valence-electron chi connectivity index (χ0n) is 15.5. The molecule has 25 heavy (non-hydrogen) atoms. The highest BCUT2D eigenvalue weighted by atomic mass is 16.5. The van der Waals surface area contributed by atoms with Crippen molar-refractivity contribution in [2.45, 2.75) is 38.5 Å². The Bertz CT molecular complexity index is 475. The Kier molecular flexibility index (Phi) is 7.68. The SMILES string of the molecule is COC(=O)CCC(=O)N1CCCC(CCC(=O)N2CCN(C)CC2)C1. The number of nitrogens with zero attached hydrogens (tertiary/aromatic N) is 3. The number of carbonyl (C=O) groups is 3. The first-order valence-electron chi connectivity index (χ1n) is 9.30. The third-order valence-corrected chi connectivity index (χ3v) is 5.26. The summed E-state index contributed by atoms with van der Waals surface area (Å²) in [5, 5.41) is 0. The smallest absolute Gasteiger partial charge is 0.306 e. The minimum Gasteiger partial charge on any atom is -0.469 e. The van der Waals surface area contributed by atoms with Gasteiger partial charge in [-0.25, -0.2) is 0 Å². The van der Waals surface area contributed by atoms with Crippen LogP contribution in [0.4, 0.5) is 0 Å². The third kappa shape index (κ3) is 6.30. The topological polar surface area (TPSA) is 70.2 Å². The molecule has 2 aliphatic heterocycles. The van der Waals surface area contributed by atoms with Gasteiger partial charge < -0.3 is 19.4 Å². The molecule has 0 N–H and O–H groups in total. The van der Waals surface area contributed by atoms with Crippen molar-refractivity contribution < 1.29 is 19.1 Å².